The second-order valence-corrected chi connectivity index (χ2v) is 7.96. The molecule has 32 heavy (non-hydrogen) atoms. The molecular weight excluding hydrogens is 438 g/mol. The van der Waals surface area contributed by atoms with Crippen LogP contribution in [0.4, 0.5) is 0 Å². The summed E-state index contributed by atoms with van der Waals surface area (Å²) < 4.78 is 21.2. The van der Waals surface area contributed by atoms with Crippen molar-refractivity contribution in [1.82, 2.24) is 16.0 Å². The first-order chi connectivity index (χ1) is 15.5. The second-order valence-electron chi connectivity index (χ2n) is 7.56. The van der Waals surface area contributed by atoms with Gasteiger partial charge in [0.2, 0.25) is 5.91 Å². The lowest BCUT2D eigenvalue weighted by atomic mass is 10.0. The van der Waals surface area contributed by atoms with Crippen molar-refractivity contribution in [2.45, 2.75) is 57.5 Å². The Morgan fingerprint density at radius 1 is 0.875 bits per heavy atom. The van der Waals surface area contributed by atoms with Gasteiger partial charge in [0.1, 0.15) is 0 Å². The second kappa shape index (κ2) is 19.0. The minimum Gasteiger partial charge on any atom is -0.481 e. The van der Waals surface area contributed by atoms with Gasteiger partial charge in [0, 0.05) is 25.0 Å². The molecule has 0 spiro atoms. The van der Waals surface area contributed by atoms with Crippen LogP contribution in [0.1, 0.15) is 45.4 Å². The van der Waals surface area contributed by atoms with E-state index in [0.717, 1.165) is 30.8 Å². The van der Waals surface area contributed by atoms with E-state index in [1.165, 1.54) is 0 Å². The number of amides is 1. The number of unbranched alkanes of at least 4 members (excludes halogenated alkanes) is 2. The van der Waals surface area contributed by atoms with Crippen LogP contribution in [0, 0.1) is 0 Å². The molecular formula is C21H39N3O7S. The molecule has 0 radical (unpaired) electrons. The molecule has 0 aromatic rings. The van der Waals surface area contributed by atoms with E-state index in [-0.39, 0.29) is 18.9 Å². The lowest BCUT2D eigenvalue weighted by Gasteiger charge is -2.14. The number of hydrogen-bond acceptors (Lipinski definition) is 7. The van der Waals surface area contributed by atoms with Gasteiger partial charge in [0.15, 0.2) is 5.11 Å². The van der Waals surface area contributed by atoms with Crippen LogP contribution in [-0.4, -0.2) is 93.6 Å². The molecule has 1 aliphatic heterocycles. The van der Waals surface area contributed by atoms with Crippen LogP contribution in [0.15, 0.2) is 0 Å². The van der Waals surface area contributed by atoms with E-state index in [2.05, 4.69) is 22.9 Å². The highest BCUT2D eigenvalue weighted by molar-refractivity contribution is 7.80. The Kier molecular flexibility index (Phi) is 16.9. The molecule has 1 saturated heterocycles. The molecule has 0 saturated carbocycles. The molecule has 2 atom stereocenters. The van der Waals surface area contributed by atoms with Crippen molar-refractivity contribution in [3.63, 3.8) is 0 Å². The van der Waals surface area contributed by atoms with E-state index in [0.29, 0.717) is 71.3 Å². The maximum absolute atomic E-state index is 11.8. The zero-order valence-electron chi connectivity index (χ0n) is 19.1. The van der Waals surface area contributed by atoms with Crippen molar-refractivity contribution in [2.75, 3.05) is 59.4 Å². The van der Waals surface area contributed by atoms with E-state index >= 15 is 0 Å². The molecule has 1 aliphatic rings. The number of rotatable bonds is 21. The zero-order chi connectivity index (χ0) is 23.4. The number of nitrogens with one attached hydrogen (secondary N) is 3. The fraction of sp³-hybridized carbons (Fsp3) is 0.857. The summed E-state index contributed by atoms with van der Waals surface area (Å²) in [6.45, 7) is 5.86. The molecule has 2 unspecified atom stereocenters. The van der Waals surface area contributed by atoms with Crippen LogP contribution >= 0.6 is 12.2 Å². The summed E-state index contributed by atoms with van der Waals surface area (Å²) in [6.07, 6.45) is 4.59. The Morgan fingerprint density at radius 3 is 2.03 bits per heavy atom. The maximum atomic E-state index is 11.8. The van der Waals surface area contributed by atoms with Crippen molar-refractivity contribution in [2.24, 2.45) is 0 Å². The summed E-state index contributed by atoms with van der Waals surface area (Å²) in [6, 6.07) is 0.758. The number of ether oxygens (including phenoxy) is 4. The number of carboxylic acids is 1. The fourth-order valence-electron chi connectivity index (χ4n) is 3.06. The third-order valence-corrected chi connectivity index (χ3v) is 5.08. The van der Waals surface area contributed by atoms with Gasteiger partial charge in [-0.05, 0) is 32.0 Å². The van der Waals surface area contributed by atoms with Gasteiger partial charge in [-0.25, -0.2) is 0 Å². The van der Waals surface area contributed by atoms with E-state index < -0.39 is 5.97 Å². The smallest absolute Gasteiger partial charge is 0.305 e. The van der Waals surface area contributed by atoms with E-state index in [1.807, 2.05) is 0 Å². The van der Waals surface area contributed by atoms with E-state index in [4.69, 9.17) is 36.3 Å². The van der Waals surface area contributed by atoms with Gasteiger partial charge in [-0.1, -0.05) is 12.8 Å². The highest BCUT2D eigenvalue weighted by Gasteiger charge is 2.24. The van der Waals surface area contributed by atoms with E-state index in [1.54, 1.807) is 0 Å². The molecule has 11 heteroatoms. The molecule has 0 aromatic heterocycles. The summed E-state index contributed by atoms with van der Waals surface area (Å²) in [4.78, 5) is 22.1. The Morgan fingerprint density at radius 2 is 1.47 bits per heavy atom. The average molecular weight is 478 g/mol. The van der Waals surface area contributed by atoms with Gasteiger partial charge >= 0.3 is 5.97 Å². The standard InChI is InChI=1S/C21H39N3O7S/c1-17-18(24-21(32)23-17)5-3-2-4-6-19(25)22-8-10-29-12-14-31-16-15-30-13-11-28-9-7-20(26)27/h17-18H,2-16H2,1H3,(H,22,25)(H,26,27)(H2,23,24,32). The van der Waals surface area contributed by atoms with E-state index in [9.17, 15) is 9.59 Å². The molecule has 0 bridgehead atoms. The quantitative estimate of drug-likeness (QED) is 0.139. The van der Waals surface area contributed by atoms with Crippen molar-refractivity contribution in [1.29, 1.82) is 0 Å². The predicted octanol–water partition coefficient (Wildman–Crippen LogP) is 0.829. The lowest BCUT2D eigenvalue weighted by molar-refractivity contribution is -0.138. The lowest BCUT2D eigenvalue weighted by Crippen LogP contribution is -2.30. The molecule has 1 heterocycles. The van der Waals surface area contributed by atoms with Crippen LogP contribution < -0.4 is 16.0 Å². The summed E-state index contributed by atoms with van der Waals surface area (Å²) in [7, 11) is 0. The minimum absolute atomic E-state index is 0.000854. The maximum Gasteiger partial charge on any atom is 0.305 e. The normalized spacial score (nSPS) is 17.7. The van der Waals surface area contributed by atoms with Gasteiger partial charge in [-0.15, -0.1) is 0 Å². The summed E-state index contributed by atoms with van der Waals surface area (Å²) in [5.41, 5.74) is 0. The van der Waals surface area contributed by atoms with Gasteiger partial charge in [-0.2, -0.15) is 0 Å². The van der Waals surface area contributed by atoms with Gasteiger partial charge in [0.05, 0.1) is 59.3 Å². The summed E-state index contributed by atoms with van der Waals surface area (Å²) >= 11 is 5.11. The van der Waals surface area contributed by atoms with Crippen molar-refractivity contribution in [3.05, 3.63) is 0 Å². The monoisotopic (exact) mass is 477 g/mol. The average Bonchev–Trinajstić information content (AvgIpc) is 3.07. The van der Waals surface area contributed by atoms with Crippen LogP contribution in [0.5, 0.6) is 0 Å². The zero-order valence-corrected chi connectivity index (χ0v) is 19.9. The topological polar surface area (TPSA) is 127 Å². The predicted molar refractivity (Wildman–Crippen MR) is 124 cm³/mol. The molecule has 1 fully saturated rings. The van der Waals surface area contributed by atoms with Crippen LogP contribution in [0.25, 0.3) is 0 Å². The van der Waals surface area contributed by atoms with Gasteiger partial charge < -0.3 is 40.0 Å². The number of aliphatic carboxylic acids is 1. The third-order valence-electron chi connectivity index (χ3n) is 4.84. The van der Waals surface area contributed by atoms with Crippen molar-refractivity contribution in [3.8, 4) is 0 Å². The highest BCUT2D eigenvalue weighted by atomic mass is 32.1. The number of carbonyl (C=O) groups is 2. The van der Waals surface area contributed by atoms with Crippen molar-refractivity contribution < 1.29 is 33.6 Å². The molecule has 10 nitrogen and oxygen atoms in total. The first-order valence-electron chi connectivity index (χ1n) is 11.4. The van der Waals surface area contributed by atoms with Crippen molar-refractivity contribution >= 4 is 29.2 Å². The number of carbonyl (C=O) groups excluding carboxylic acids is 1. The van der Waals surface area contributed by atoms with Crippen LogP contribution in [0.2, 0.25) is 0 Å². The third kappa shape index (κ3) is 16.2. The highest BCUT2D eigenvalue weighted by Crippen LogP contribution is 2.11. The Labute approximate surface area is 196 Å². The van der Waals surface area contributed by atoms with Crippen LogP contribution in [0.3, 0.4) is 0 Å². The number of hydrogen-bond donors (Lipinski definition) is 4. The van der Waals surface area contributed by atoms with Crippen LogP contribution in [-0.2, 0) is 28.5 Å². The molecule has 1 rings (SSSR count). The summed E-state index contributed by atoms with van der Waals surface area (Å²) in [5.74, 6) is -0.814. The largest absolute Gasteiger partial charge is 0.481 e. The van der Waals surface area contributed by atoms with Gasteiger partial charge in [0.25, 0.3) is 0 Å². The first-order valence-corrected chi connectivity index (χ1v) is 11.8. The summed E-state index contributed by atoms with van der Waals surface area (Å²) in [5, 5.41) is 18.5. The SMILES string of the molecule is CC1NC(=S)NC1CCCCCC(=O)NCCOCCOCCOCCOCCC(=O)O. The minimum atomic E-state index is -0.874. The Hall–Kier alpha value is -1.53. The Balaban J connectivity index is 1.75. The fourth-order valence-corrected chi connectivity index (χ4v) is 3.40. The molecule has 0 aromatic carbocycles. The molecule has 1 amide bonds. The Bertz CT molecular complexity index is 540. The number of carboxylic acid groups (broad SMARTS) is 1. The first kappa shape index (κ1) is 28.5. The molecule has 0 aliphatic carbocycles. The number of thiocarbonyl (C=S) groups is 1. The molecule has 186 valence electrons. The molecule has 4 N–H and O–H groups in total. The van der Waals surface area contributed by atoms with Gasteiger partial charge in [-0.3, -0.25) is 9.59 Å².